The van der Waals surface area contributed by atoms with Crippen LogP contribution < -0.4 is 0 Å². The SMILES string of the molecule is c1ccc(-c2cc(-c3nc(-c4ccccc4)nc(-c4cc5ccccc5s4)n3)cc(-n3c4ccccc4c4ccccc43)c2)cc1. The second kappa shape index (κ2) is 10.9. The molecule has 3 heterocycles. The topological polar surface area (TPSA) is 43.6 Å². The number of hydrogen-bond acceptors (Lipinski definition) is 4. The second-order valence-corrected chi connectivity index (χ2v) is 12.4. The molecule has 5 heteroatoms. The molecular weight excluding hydrogens is 581 g/mol. The van der Waals surface area contributed by atoms with E-state index in [0.29, 0.717) is 17.5 Å². The standard InChI is InChI=1S/C41H26N4S/c1-3-13-27(14-4-1)30-23-31(25-32(24-30)45-35-20-10-8-18-33(35)34-19-9-11-21-36(34)45)40-42-39(28-15-5-2-6-16-28)43-41(44-40)38-26-29-17-7-12-22-37(29)46-38/h1-26H. The summed E-state index contributed by atoms with van der Waals surface area (Å²) < 4.78 is 3.56. The molecule has 0 saturated carbocycles. The van der Waals surface area contributed by atoms with Crippen molar-refractivity contribution in [1.29, 1.82) is 0 Å². The van der Waals surface area contributed by atoms with Gasteiger partial charge in [0.15, 0.2) is 17.5 Å². The number of hydrogen-bond donors (Lipinski definition) is 0. The summed E-state index contributed by atoms with van der Waals surface area (Å²) in [5.41, 5.74) is 7.49. The van der Waals surface area contributed by atoms with Gasteiger partial charge in [-0.3, -0.25) is 0 Å². The fourth-order valence-corrected chi connectivity index (χ4v) is 7.29. The van der Waals surface area contributed by atoms with Gasteiger partial charge in [-0.2, -0.15) is 0 Å². The highest BCUT2D eigenvalue weighted by molar-refractivity contribution is 7.22. The van der Waals surface area contributed by atoms with Gasteiger partial charge in [0, 0.05) is 32.3 Å². The first-order valence-corrected chi connectivity index (χ1v) is 16.1. The third-order valence-corrected chi connectivity index (χ3v) is 9.55. The van der Waals surface area contributed by atoms with Gasteiger partial charge >= 0.3 is 0 Å². The van der Waals surface area contributed by atoms with Crippen molar-refractivity contribution in [2.75, 3.05) is 0 Å². The summed E-state index contributed by atoms with van der Waals surface area (Å²) in [5, 5.41) is 3.64. The van der Waals surface area contributed by atoms with Crippen LogP contribution in [0, 0.1) is 0 Å². The fraction of sp³-hybridized carbons (Fsp3) is 0. The van der Waals surface area contributed by atoms with E-state index in [1.807, 2.05) is 18.2 Å². The van der Waals surface area contributed by atoms with Gasteiger partial charge in [0.1, 0.15) is 0 Å². The summed E-state index contributed by atoms with van der Waals surface area (Å²) in [6.07, 6.45) is 0. The van der Waals surface area contributed by atoms with Gasteiger partial charge in [0.2, 0.25) is 0 Å². The lowest BCUT2D eigenvalue weighted by Crippen LogP contribution is -2.01. The Balaban J connectivity index is 1.32. The first kappa shape index (κ1) is 26.5. The quantitative estimate of drug-likeness (QED) is 0.196. The number of nitrogens with zero attached hydrogens (tertiary/aromatic N) is 4. The van der Waals surface area contributed by atoms with Gasteiger partial charge in [0.05, 0.1) is 15.9 Å². The van der Waals surface area contributed by atoms with Crippen LogP contribution in [0.5, 0.6) is 0 Å². The summed E-state index contributed by atoms with van der Waals surface area (Å²) in [6, 6.07) is 55.2. The van der Waals surface area contributed by atoms with Gasteiger partial charge in [-0.05, 0) is 59.0 Å². The minimum absolute atomic E-state index is 0.640. The molecule has 0 aliphatic carbocycles. The van der Waals surface area contributed by atoms with Crippen molar-refractivity contribution in [2.45, 2.75) is 0 Å². The van der Waals surface area contributed by atoms with Crippen LogP contribution in [0.3, 0.4) is 0 Å². The molecule has 9 aromatic rings. The molecule has 4 nitrogen and oxygen atoms in total. The second-order valence-electron chi connectivity index (χ2n) is 11.3. The van der Waals surface area contributed by atoms with Crippen LogP contribution in [0.1, 0.15) is 0 Å². The number of fused-ring (bicyclic) bond motifs is 4. The highest BCUT2D eigenvalue weighted by Crippen LogP contribution is 2.37. The molecule has 216 valence electrons. The summed E-state index contributed by atoms with van der Waals surface area (Å²) in [4.78, 5) is 16.3. The molecule has 46 heavy (non-hydrogen) atoms. The first-order valence-electron chi connectivity index (χ1n) is 15.3. The molecule has 0 spiro atoms. The lowest BCUT2D eigenvalue weighted by Gasteiger charge is -2.14. The van der Waals surface area contributed by atoms with Gasteiger partial charge < -0.3 is 4.57 Å². The Morgan fingerprint density at radius 3 is 1.65 bits per heavy atom. The van der Waals surface area contributed by atoms with Crippen molar-refractivity contribution in [1.82, 2.24) is 19.5 Å². The van der Waals surface area contributed by atoms with Crippen molar-refractivity contribution in [3.63, 3.8) is 0 Å². The lowest BCUT2D eigenvalue weighted by molar-refractivity contribution is 1.08. The molecule has 0 bridgehead atoms. The Morgan fingerprint density at radius 2 is 0.957 bits per heavy atom. The highest BCUT2D eigenvalue weighted by atomic mass is 32.1. The summed E-state index contributed by atoms with van der Waals surface area (Å²) in [6.45, 7) is 0. The third-order valence-electron chi connectivity index (χ3n) is 8.43. The highest BCUT2D eigenvalue weighted by Gasteiger charge is 2.18. The first-order chi connectivity index (χ1) is 22.8. The molecule has 0 N–H and O–H groups in total. The molecule has 9 rings (SSSR count). The minimum atomic E-state index is 0.640. The van der Waals surface area contributed by atoms with E-state index in [-0.39, 0.29) is 0 Å². The Hall–Kier alpha value is -5.91. The van der Waals surface area contributed by atoms with E-state index in [9.17, 15) is 0 Å². The van der Waals surface area contributed by atoms with Crippen LogP contribution >= 0.6 is 11.3 Å². The number of benzene rings is 6. The molecule has 0 aliphatic rings. The van der Waals surface area contributed by atoms with E-state index in [1.54, 1.807) is 11.3 Å². The van der Waals surface area contributed by atoms with Crippen molar-refractivity contribution < 1.29 is 0 Å². The zero-order valence-corrected chi connectivity index (χ0v) is 25.5. The average molecular weight is 607 g/mol. The Morgan fingerprint density at radius 1 is 0.413 bits per heavy atom. The van der Waals surface area contributed by atoms with Crippen molar-refractivity contribution in [3.8, 4) is 50.3 Å². The van der Waals surface area contributed by atoms with Crippen LogP contribution in [0.4, 0.5) is 0 Å². The predicted octanol–water partition coefficient (Wildman–Crippen LogP) is 10.9. The fourth-order valence-electron chi connectivity index (χ4n) is 6.29. The molecule has 6 aromatic carbocycles. The molecule has 0 atom stereocenters. The van der Waals surface area contributed by atoms with E-state index in [1.165, 1.54) is 20.9 Å². The Bertz CT molecular complexity index is 2440. The van der Waals surface area contributed by atoms with E-state index < -0.39 is 0 Å². The Kier molecular flexibility index (Phi) is 6.28. The maximum Gasteiger partial charge on any atom is 0.174 e. The van der Waals surface area contributed by atoms with Crippen molar-refractivity contribution in [2.24, 2.45) is 0 Å². The van der Waals surface area contributed by atoms with Crippen LogP contribution in [0.25, 0.3) is 82.2 Å². The molecule has 0 aliphatic heterocycles. The third kappa shape index (κ3) is 4.57. The van der Waals surface area contributed by atoms with Gasteiger partial charge in [-0.15, -0.1) is 11.3 Å². The predicted molar refractivity (Wildman–Crippen MR) is 191 cm³/mol. The van der Waals surface area contributed by atoms with Crippen molar-refractivity contribution in [3.05, 3.63) is 158 Å². The maximum absolute atomic E-state index is 5.16. The van der Waals surface area contributed by atoms with Crippen LogP contribution in [-0.4, -0.2) is 19.5 Å². The van der Waals surface area contributed by atoms with Gasteiger partial charge in [-0.1, -0.05) is 115 Å². The molecule has 0 radical (unpaired) electrons. The number of thiophene rings is 1. The summed E-state index contributed by atoms with van der Waals surface area (Å²) in [7, 11) is 0. The van der Waals surface area contributed by atoms with E-state index in [0.717, 1.165) is 43.9 Å². The van der Waals surface area contributed by atoms with Gasteiger partial charge in [-0.25, -0.2) is 15.0 Å². The number of aromatic nitrogens is 4. The van der Waals surface area contributed by atoms with Crippen molar-refractivity contribution >= 4 is 43.2 Å². The molecule has 0 unspecified atom stereocenters. The van der Waals surface area contributed by atoms with E-state index in [4.69, 9.17) is 15.0 Å². The summed E-state index contributed by atoms with van der Waals surface area (Å²) in [5.74, 6) is 1.97. The monoisotopic (exact) mass is 606 g/mol. The largest absolute Gasteiger partial charge is 0.309 e. The lowest BCUT2D eigenvalue weighted by atomic mass is 10.0. The van der Waals surface area contributed by atoms with E-state index >= 15 is 0 Å². The minimum Gasteiger partial charge on any atom is -0.309 e. The molecule has 3 aromatic heterocycles. The average Bonchev–Trinajstić information content (AvgIpc) is 3.72. The Labute approximate surface area is 269 Å². The van der Waals surface area contributed by atoms with Crippen LogP contribution in [-0.2, 0) is 0 Å². The maximum atomic E-state index is 5.16. The summed E-state index contributed by atoms with van der Waals surface area (Å²) >= 11 is 1.71. The molecule has 0 fully saturated rings. The zero-order valence-electron chi connectivity index (χ0n) is 24.7. The molecule has 0 amide bonds. The molecular formula is C41H26N4S. The molecule has 0 saturated heterocycles. The zero-order chi connectivity index (χ0) is 30.5. The van der Waals surface area contributed by atoms with E-state index in [2.05, 4.69) is 144 Å². The smallest absolute Gasteiger partial charge is 0.174 e. The van der Waals surface area contributed by atoms with Crippen LogP contribution in [0.2, 0.25) is 0 Å². The number of para-hydroxylation sites is 2. The number of rotatable bonds is 5. The normalized spacial score (nSPS) is 11.5. The van der Waals surface area contributed by atoms with Crippen LogP contribution in [0.15, 0.2) is 158 Å². The van der Waals surface area contributed by atoms with Gasteiger partial charge in [0.25, 0.3) is 0 Å².